The third kappa shape index (κ3) is 5.05. The van der Waals surface area contributed by atoms with E-state index in [1.165, 1.54) is 11.1 Å². The number of allylic oxidation sites excluding steroid dienone is 1. The van der Waals surface area contributed by atoms with Crippen LogP contribution in [0.2, 0.25) is 0 Å². The summed E-state index contributed by atoms with van der Waals surface area (Å²) in [6.45, 7) is 7.89. The van der Waals surface area contributed by atoms with Gasteiger partial charge >= 0.3 is 12.0 Å². The molecule has 0 radical (unpaired) electrons. The van der Waals surface area contributed by atoms with Crippen LogP contribution in [-0.2, 0) is 21.0 Å². The Kier molecular flexibility index (Phi) is 7.21. The van der Waals surface area contributed by atoms with Crippen molar-refractivity contribution in [2.24, 2.45) is 0 Å². The molecule has 2 N–H and O–H groups in total. The number of hydrogen-bond donors (Lipinski definition) is 2. The normalized spacial score (nSPS) is 16.1. The maximum atomic E-state index is 12.6. The number of carbonyl (C=O) groups is 2. The first kappa shape index (κ1) is 22.0. The summed E-state index contributed by atoms with van der Waals surface area (Å²) in [5.41, 5.74) is 6.60. The van der Waals surface area contributed by atoms with Crippen molar-refractivity contribution in [2.45, 2.75) is 45.2 Å². The van der Waals surface area contributed by atoms with Gasteiger partial charge in [0.2, 0.25) is 0 Å². The third-order valence-corrected chi connectivity index (χ3v) is 6.20. The highest BCUT2D eigenvalue weighted by Crippen LogP contribution is 2.33. The van der Waals surface area contributed by atoms with E-state index >= 15 is 0 Å². The van der Waals surface area contributed by atoms with Gasteiger partial charge in [0, 0.05) is 17.2 Å². The number of thioether (sulfide) groups is 1. The van der Waals surface area contributed by atoms with Crippen LogP contribution in [0.15, 0.2) is 53.7 Å². The molecular weight excluding hydrogens is 396 g/mol. The fourth-order valence-electron chi connectivity index (χ4n) is 3.67. The van der Waals surface area contributed by atoms with Gasteiger partial charge in [-0.3, -0.25) is 0 Å². The van der Waals surface area contributed by atoms with Gasteiger partial charge in [0.15, 0.2) is 0 Å². The molecular formula is C24H28N2O3S. The second-order valence-corrected chi connectivity index (χ2v) is 8.39. The quantitative estimate of drug-likeness (QED) is 0.619. The minimum Gasteiger partial charge on any atom is -0.463 e. The van der Waals surface area contributed by atoms with E-state index < -0.39 is 12.0 Å². The van der Waals surface area contributed by atoms with Crippen molar-refractivity contribution in [1.82, 2.24) is 10.6 Å². The number of hydrogen-bond acceptors (Lipinski definition) is 4. The standard InChI is InChI=1S/C24H28N2O3S/c1-5-29-23(27)21-17(4)25-24(28)26-22(21)20-12-15(2)11-19(16(20)3)14-30-13-18-9-7-6-8-10-18/h6-12,22H,5,13-14H2,1-4H3,(H2,25,26,28). The van der Waals surface area contributed by atoms with Gasteiger partial charge < -0.3 is 15.4 Å². The van der Waals surface area contributed by atoms with E-state index in [1.807, 2.05) is 30.8 Å². The van der Waals surface area contributed by atoms with E-state index in [2.05, 4.69) is 47.9 Å². The van der Waals surface area contributed by atoms with Crippen molar-refractivity contribution in [1.29, 1.82) is 0 Å². The summed E-state index contributed by atoms with van der Waals surface area (Å²) < 4.78 is 5.26. The zero-order valence-corrected chi connectivity index (χ0v) is 18.7. The molecule has 158 valence electrons. The monoisotopic (exact) mass is 424 g/mol. The van der Waals surface area contributed by atoms with Crippen molar-refractivity contribution in [2.75, 3.05) is 6.61 Å². The molecule has 1 aliphatic heterocycles. The Morgan fingerprint density at radius 2 is 1.83 bits per heavy atom. The van der Waals surface area contributed by atoms with Gasteiger partial charge in [0.05, 0.1) is 18.2 Å². The Morgan fingerprint density at radius 3 is 2.53 bits per heavy atom. The van der Waals surface area contributed by atoms with E-state index in [9.17, 15) is 9.59 Å². The van der Waals surface area contributed by atoms with Crippen LogP contribution in [0.3, 0.4) is 0 Å². The van der Waals surface area contributed by atoms with Gasteiger partial charge in [-0.2, -0.15) is 11.8 Å². The van der Waals surface area contributed by atoms with Crippen LogP contribution >= 0.6 is 11.8 Å². The van der Waals surface area contributed by atoms with Crippen molar-refractivity contribution in [3.8, 4) is 0 Å². The lowest BCUT2D eigenvalue weighted by atomic mass is 9.89. The zero-order chi connectivity index (χ0) is 21.7. The van der Waals surface area contributed by atoms with E-state index in [0.29, 0.717) is 11.3 Å². The van der Waals surface area contributed by atoms with E-state index in [0.717, 1.165) is 28.2 Å². The Labute approximate surface area is 182 Å². The lowest BCUT2D eigenvalue weighted by molar-refractivity contribution is -0.139. The second kappa shape index (κ2) is 9.85. The Morgan fingerprint density at radius 1 is 1.10 bits per heavy atom. The van der Waals surface area contributed by atoms with E-state index in [4.69, 9.17) is 4.74 Å². The summed E-state index contributed by atoms with van der Waals surface area (Å²) in [5.74, 6) is 1.38. The molecule has 30 heavy (non-hydrogen) atoms. The predicted octanol–water partition coefficient (Wildman–Crippen LogP) is 4.93. The summed E-state index contributed by atoms with van der Waals surface area (Å²) in [4.78, 5) is 24.8. The van der Waals surface area contributed by atoms with Gasteiger partial charge in [-0.15, -0.1) is 0 Å². The molecule has 2 amide bonds. The topological polar surface area (TPSA) is 67.4 Å². The summed E-state index contributed by atoms with van der Waals surface area (Å²) >= 11 is 1.85. The van der Waals surface area contributed by atoms with Crippen LogP contribution in [0.4, 0.5) is 4.79 Å². The van der Waals surface area contributed by atoms with Gasteiger partial charge in [0.25, 0.3) is 0 Å². The summed E-state index contributed by atoms with van der Waals surface area (Å²) in [6, 6.07) is 13.8. The smallest absolute Gasteiger partial charge is 0.338 e. The largest absolute Gasteiger partial charge is 0.463 e. The molecule has 0 fully saturated rings. The average molecular weight is 425 g/mol. The number of benzene rings is 2. The maximum absolute atomic E-state index is 12.6. The van der Waals surface area contributed by atoms with Crippen LogP contribution in [-0.4, -0.2) is 18.6 Å². The van der Waals surface area contributed by atoms with Crippen LogP contribution in [0.25, 0.3) is 0 Å². The minimum absolute atomic E-state index is 0.282. The highest BCUT2D eigenvalue weighted by molar-refractivity contribution is 7.97. The number of ether oxygens (including phenoxy) is 1. The molecule has 5 nitrogen and oxygen atoms in total. The highest BCUT2D eigenvalue weighted by Gasteiger charge is 2.33. The molecule has 0 saturated carbocycles. The third-order valence-electron chi connectivity index (χ3n) is 5.14. The SMILES string of the molecule is CCOC(=O)C1=C(C)NC(=O)NC1c1cc(C)cc(CSCc2ccccc2)c1C. The molecule has 0 aliphatic carbocycles. The lowest BCUT2D eigenvalue weighted by Crippen LogP contribution is -2.45. The van der Waals surface area contributed by atoms with Gasteiger partial charge in [-0.1, -0.05) is 48.0 Å². The predicted molar refractivity (Wildman–Crippen MR) is 121 cm³/mol. The molecule has 1 atom stereocenters. The lowest BCUT2D eigenvalue weighted by Gasteiger charge is -2.30. The first-order chi connectivity index (χ1) is 14.4. The number of amides is 2. The van der Waals surface area contributed by atoms with Gasteiger partial charge in [0.1, 0.15) is 0 Å². The molecule has 0 saturated heterocycles. The van der Waals surface area contributed by atoms with E-state index in [-0.39, 0.29) is 12.6 Å². The van der Waals surface area contributed by atoms with E-state index in [1.54, 1.807) is 13.8 Å². The Balaban J connectivity index is 1.90. The van der Waals surface area contributed by atoms with Crippen LogP contribution in [0, 0.1) is 13.8 Å². The summed E-state index contributed by atoms with van der Waals surface area (Å²) in [5, 5.41) is 5.61. The highest BCUT2D eigenvalue weighted by atomic mass is 32.2. The van der Waals surface area contributed by atoms with Gasteiger partial charge in [-0.25, -0.2) is 9.59 Å². The first-order valence-electron chi connectivity index (χ1n) is 10.1. The number of esters is 1. The molecule has 3 rings (SSSR count). The number of nitrogens with one attached hydrogen (secondary N) is 2. The summed E-state index contributed by atoms with van der Waals surface area (Å²) in [6.07, 6.45) is 0. The fourth-order valence-corrected chi connectivity index (χ4v) is 4.72. The molecule has 1 aliphatic rings. The molecule has 2 aromatic carbocycles. The van der Waals surface area contributed by atoms with Crippen molar-refractivity contribution in [3.63, 3.8) is 0 Å². The van der Waals surface area contributed by atoms with Crippen molar-refractivity contribution < 1.29 is 14.3 Å². The second-order valence-electron chi connectivity index (χ2n) is 7.41. The molecule has 0 bridgehead atoms. The Bertz CT molecular complexity index is 970. The molecule has 2 aromatic rings. The molecule has 1 heterocycles. The van der Waals surface area contributed by atoms with Crippen LogP contribution < -0.4 is 10.6 Å². The van der Waals surface area contributed by atoms with Gasteiger partial charge in [-0.05, 0) is 49.9 Å². The number of aryl methyl sites for hydroxylation is 1. The molecule has 0 spiro atoms. The summed E-state index contributed by atoms with van der Waals surface area (Å²) in [7, 11) is 0. The van der Waals surface area contributed by atoms with Crippen molar-refractivity contribution in [3.05, 3.63) is 81.6 Å². The van der Waals surface area contributed by atoms with Crippen LogP contribution in [0.1, 0.15) is 47.7 Å². The van der Waals surface area contributed by atoms with Crippen LogP contribution in [0.5, 0.6) is 0 Å². The average Bonchev–Trinajstić information content (AvgIpc) is 2.70. The minimum atomic E-state index is -0.532. The fraction of sp³-hybridized carbons (Fsp3) is 0.333. The number of rotatable bonds is 7. The molecule has 0 aromatic heterocycles. The maximum Gasteiger partial charge on any atom is 0.338 e. The number of carbonyl (C=O) groups excluding carboxylic acids is 2. The molecule has 6 heteroatoms. The first-order valence-corrected chi connectivity index (χ1v) is 11.2. The number of urea groups is 1. The van der Waals surface area contributed by atoms with Crippen molar-refractivity contribution >= 4 is 23.8 Å². The molecule has 1 unspecified atom stereocenters. The Hall–Kier alpha value is -2.73. The zero-order valence-electron chi connectivity index (χ0n) is 17.9.